The summed E-state index contributed by atoms with van der Waals surface area (Å²) in [5.41, 5.74) is 10.3. The molecule has 9 rings (SSSR count). The first-order valence-corrected chi connectivity index (χ1v) is 14.1. The molecule has 0 saturated carbocycles. The summed E-state index contributed by atoms with van der Waals surface area (Å²) >= 11 is 0. The van der Waals surface area contributed by atoms with E-state index in [1.54, 1.807) is 0 Å². The van der Waals surface area contributed by atoms with Crippen LogP contribution >= 0.6 is 0 Å². The molecule has 4 aromatic heterocycles. The van der Waals surface area contributed by atoms with Gasteiger partial charge in [0.05, 0.1) is 29.1 Å². The van der Waals surface area contributed by atoms with E-state index in [2.05, 4.69) is 111 Å². The fourth-order valence-electron chi connectivity index (χ4n) is 6.15. The van der Waals surface area contributed by atoms with Crippen LogP contribution in [0.1, 0.15) is 5.56 Å². The molecule has 0 fully saturated rings. The summed E-state index contributed by atoms with van der Waals surface area (Å²) in [5, 5.41) is 5.19. The molecule has 0 radical (unpaired) electrons. The minimum absolute atomic E-state index is 0. The molecule has 0 bridgehead atoms. The van der Waals surface area contributed by atoms with Crippen molar-refractivity contribution in [2.75, 3.05) is 0 Å². The van der Waals surface area contributed by atoms with Crippen molar-refractivity contribution in [2.45, 2.75) is 6.92 Å². The first-order chi connectivity index (χ1) is 20.7. The molecule has 206 valence electrons. The summed E-state index contributed by atoms with van der Waals surface area (Å²) in [6.07, 6.45) is 5.35. The van der Waals surface area contributed by atoms with E-state index in [0.717, 1.165) is 22.5 Å². The average molecular weight is 731 g/mol. The molecular weight excluding hydrogens is 705 g/mol. The minimum atomic E-state index is 0. The van der Waals surface area contributed by atoms with Crippen LogP contribution in [0.2, 0.25) is 0 Å². The quantitative estimate of drug-likeness (QED) is 0.131. The van der Waals surface area contributed by atoms with Gasteiger partial charge in [0.25, 0.3) is 0 Å². The van der Waals surface area contributed by atoms with Gasteiger partial charge in [0.1, 0.15) is 0 Å². The van der Waals surface area contributed by atoms with Gasteiger partial charge in [-0.25, -0.2) is 0 Å². The summed E-state index contributed by atoms with van der Waals surface area (Å²) in [6, 6.07) is 46.2. The Morgan fingerprint density at radius 2 is 1.42 bits per heavy atom. The van der Waals surface area contributed by atoms with Gasteiger partial charge in [-0.05, 0) is 30.3 Å². The zero-order valence-electron chi connectivity index (χ0n) is 23.7. The molecule has 9 aromatic rings. The Bertz CT molecular complexity index is 2350. The molecule has 4 nitrogen and oxygen atoms in total. The van der Waals surface area contributed by atoms with Gasteiger partial charge in [0.2, 0.25) is 6.33 Å². The van der Waals surface area contributed by atoms with E-state index in [9.17, 15) is 0 Å². The van der Waals surface area contributed by atoms with Crippen molar-refractivity contribution in [3.05, 3.63) is 145 Å². The van der Waals surface area contributed by atoms with Crippen molar-refractivity contribution in [1.29, 1.82) is 0 Å². The number of aromatic nitrogens is 4. The third-order valence-corrected chi connectivity index (χ3v) is 8.00. The Labute approximate surface area is 263 Å². The largest absolute Gasteiger partial charge is 3.00 e. The maximum Gasteiger partial charge on any atom is 3.00 e. The Kier molecular flexibility index (Phi) is 6.77. The standard InChI is InChI=1S/C26H16N3.C12H10N.Ir/c1-27-16-28(17-8-3-2-4-9-17)23-15-14-22-24(26(23)27)20-12-7-11-19-18-10-5-6-13-21(18)29(22)25(19)20;1-10-7-8-12(13-9-10)11-5-3-2-4-6-11;/h2-8,10-15H,1H3;2-5,7-9H,1H3;/q2*-1;+3. The summed E-state index contributed by atoms with van der Waals surface area (Å²) in [7, 11) is 2.08. The van der Waals surface area contributed by atoms with Crippen LogP contribution < -0.4 is 4.57 Å². The number of benzene rings is 5. The molecule has 43 heavy (non-hydrogen) atoms. The summed E-state index contributed by atoms with van der Waals surface area (Å²) in [5.74, 6) is 0. The van der Waals surface area contributed by atoms with Crippen LogP contribution in [-0.4, -0.2) is 14.0 Å². The van der Waals surface area contributed by atoms with Crippen molar-refractivity contribution in [1.82, 2.24) is 14.0 Å². The SMILES string of the molecule is C[n+]1[c-]n(-c2[c-]cccc2)c2ccc3c(c4cccc5c6ccccc6n3c54)c21.Cc1ccc(-c2[c-]cccc2)nc1.[Ir+3]. The molecule has 0 saturated heterocycles. The smallest absolute Gasteiger partial charge is 0.342 e. The van der Waals surface area contributed by atoms with E-state index < -0.39 is 0 Å². The van der Waals surface area contributed by atoms with Crippen molar-refractivity contribution >= 4 is 49.1 Å². The normalized spacial score (nSPS) is 11.3. The van der Waals surface area contributed by atoms with E-state index in [1.807, 2.05) is 61.7 Å². The van der Waals surface area contributed by atoms with Gasteiger partial charge in [-0.1, -0.05) is 60.3 Å². The predicted molar refractivity (Wildman–Crippen MR) is 170 cm³/mol. The molecule has 0 atom stereocenters. The number of pyridine rings is 1. The third-order valence-electron chi connectivity index (χ3n) is 8.00. The molecule has 4 heterocycles. The van der Waals surface area contributed by atoms with E-state index in [-0.39, 0.29) is 20.1 Å². The topological polar surface area (TPSA) is 26.1 Å². The van der Waals surface area contributed by atoms with E-state index in [0.29, 0.717) is 0 Å². The molecular formula is C38H26IrN4+. The molecule has 0 unspecified atom stereocenters. The summed E-state index contributed by atoms with van der Waals surface area (Å²) in [4.78, 5) is 4.32. The van der Waals surface area contributed by atoms with E-state index in [4.69, 9.17) is 0 Å². The average Bonchev–Trinajstić information content (AvgIpc) is 3.69. The van der Waals surface area contributed by atoms with Crippen LogP contribution in [-0.2, 0) is 27.2 Å². The fraction of sp³-hybridized carbons (Fsp3) is 0.0526. The summed E-state index contributed by atoms with van der Waals surface area (Å²) < 4.78 is 6.63. The second-order valence-electron chi connectivity index (χ2n) is 10.6. The predicted octanol–water partition coefficient (Wildman–Crippen LogP) is 8.06. The van der Waals surface area contributed by atoms with Crippen molar-refractivity contribution < 1.29 is 24.7 Å². The molecule has 0 aliphatic carbocycles. The Morgan fingerprint density at radius 1 is 0.674 bits per heavy atom. The zero-order chi connectivity index (χ0) is 28.2. The first kappa shape index (κ1) is 27.0. The minimum Gasteiger partial charge on any atom is -0.342 e. The van der Waals surface area contributed by atoms with Gasteiger partial charge in [0.15, 0.2) is 0 Å². The van der Waals surface area contributed by atoms with Crippen LogP contribution in [0.25, 0.3) is 66.1 Å². The zero-order valence-corrected chi connectivity index (χ0v) is 26.1. The van der Waals surface area contributed by atoms with Gasteiger partial charge in [-0.2, -0.15) is 30.3 Å². The third kappa shape index (κ3) is 4.32. The molecule has 0 amide bonds. The molecule has 0 N–H and O–H groups in total. The van der Waals surface area contributed by atoms with Crippen molar-refractivity contribution in [3.63, 3.8) is 0 Å². The number of aryl methyl sites for hydroxylation is 2. The van der Waals surface area contributed by atoms with Gasteiger partial charge in [-0.3, -0.25) is 0 Å². The Morgan fingerprint density at radius 3 is 2.19 bits per heavy atom. The number of imidazole rings is 1. The van der Waals surface area contributed by atoms with Crippen LogP contribution in [0, 0.1) is 25.4 Å². The van der Waals surface area contributed by atoms with Gasteiger partial charge in [-0.15, -0.1) is 35.9 Å². The van der Waals surface area contributed by atoms with Gasteiger partial charge < -0.3 is 18.5 Å². The van der Waals surface area contributed by atoms with Crippen LogP contribution in [0.5, 0.6) is 0 Å². The van der Waals surface area contributed by atoms with E-state index >= 15 is 0 Å². The summed E-state index contributed by atoms with van der Waals surface area (Å²) in [6.45, 7) is 2.03. The van der Waals surface area contributed by atoms with Crippen molar-refractivity contribution in [3.8, 4) is 16.9 Å². The van der Waals surface area contributed by atoms with Crippen molar-refractivity contribution in [2.24, 2.45) is 7.05 Å². The molecule has 0 aliphatic heterocycles. The number of hydrogen-bond donors (Lipinski definition) is 0. The van der Waals surface area contributed by atoms with Crippen LogP contribution in [0.15, 0.2) is 121 Å². The van der Waals surface area contributed by atoms with Gasteiger partial charge in [0, 0.05) is 33.3 Å². The molecule has 5 heteroatoms. The maximum absolute atomic E-state index is 4.32. The number of fused-ring (bicyclic) bond motifs is 8. The fourth-order valence-corrected chi connectivity index (χ4v) is 6.15. The molecule has 0 aliphatic rings. The first-order valence-electron chi connectivity index (χ1n) is 14.1. The molecule has 5 aromatic carbocycles. The monoisotopic (exact) mass is 731 g/mol. The Balaban J connectivity index is 0.000000182. The number of hydrogen-bond acceptors (Lipinski definition) is 1. The van der Waals surface area contributed by atoms with Gasteiger partial charge >= 0.3 is 20.1 Å². The van der Waals surface area contributed by atoms with Crippen LogP contribution in [0.4, 0.5) is 0 Å². The van der Waals surface area contributed by atoms with E-state index in [1.165, 1.54) is 49.2 Å². The van der Waals surface area contributed by atoms with Crippen LogP contribution in [0.3, 0.4) is 0 Å². The number of nitrogens with zero attached hydrogens (tertiary/aromatic N) is 4. The second-order valence-corrected chi connectivity index (χ2v) is 10.6. The number of para-hydroxylation sites is 3. The Hall–Kier alpha value is -4.83. The molecule has 0 spiro atoms. The second kappa shape index (κ2) is 10.8. The maximum atomic E-state index is 4.32. The number of rotatable bonds is 2.